The van der Waals surface area contributed by atoms with E-state index in [4.69, 9.17) is 21.3 Å². The number of nitrogens with zero attached hydrogens (tertiary/aromatic N) is 2. The molecule has 0 spiro atoms. The Morgan fingerprint density at radius 1 is 1.23 bits per heavy atom. The van der Waals surface area contributed by atoms with Crippen LogP contribution in [0.5, 0.6) is 0 Å². The molecule has 0 saturated carbocycles. The maximum absolute atomic E-state index is 6.27. The molecule has 3 unspecified atom stereocenters. The summed E-state index contributed by atoms with van der Waals surface area (Å²) in [5.74, 6) is 1.96. The van der Waals surface area contributed by atoms with E-state index in [-0.39, 0.29) is 0 Å². The third-order valence-electron chi connectivity index (χ3n) is 6.87. The maximum atomic E-state index is 6.27. The van der Waals surface area contributed by atoms with Crippen LogP contribution in [-0.2, 0) is 11.3 Å². The molecule has 5 heteroatoms. The zero-order valence-corrected chi connectivity index (χ0v) is 18.9. The second-order valence-electron chi connectivity index (χ2n) is 8.89. The van der Waals surface area contributed by atoms with E-state index in [2.05, 4.69) is 53.6 Å². The summed E-state index contributed by atoms with van der Waals surface area (Å²) in [6, 6.07) is 5.55. The van der Waals surface area contributed by atoms with Crippen LogP contribution in [-0.4, -0.2) is 42.2 Å². The lowest BCUT2D eigenvalue weighted by Gasteiger charge is -2.39. The monoisotopic (exact) mass is 427 g/mol. The molecule has 1 fully saturated rings. The second-order valence-corrected chi connectivity index (χ2v) is 9.38. The molecule has 3 aliphatic rings. The minimum absolute atomic E-state index is 0.416. The molecule has 0 amide bonds. The summed E-state index contributed by atoms with van der Waals surface area (Å²) >= 11 is 6.27. The molecule has 1 aromatic heterocycles. The maximum Gasteiger partial charge on any atom is 0.114 e. The highest BCUT2D eigenvalue weighted by Gasteiger charge is 2.28. The highest BCUT2D eigenvalue weighted by molar-refractivity contribution is 6.29. The van der Waals surface area contributed by atoms with E-state index in [1.165, 1.54) is 24.1 Å². The van der Waals surface area contributed by atoms with Crippen molar-refractivity contribution < 1.29 is 4.74 Å². The van der Waals surface area contributed by atoms with Gasteiger partial charge in [0, 0.05) is 41.5 Å². The first-order valence-electron chi connectivity index (χ1n) is 11.3. The van der Waals surface area contributed by atoms with Gasteiger partial charge in [0.15, 0.2) is 0 Å². The van der Waals surface area contributed by atoms with Gasteiger partial charge in [-0.15, -0.1) is 0 Å². The van der Waals surface area contributed by atoms with E-state index >= 15 is 0 Å². The number of pyridine rings is 1. The molecule has 1 N–H and O–H groups in total. The molecule has 0 bridgehead atoms. The molecular weight excluding hydrogens is 394 g/mol. The number of hydrogen-bond acceptors (Lipinski definition) is 4. The quantitative estimate of drug-likeness (QED) is 0.682. The standard InChI is InChI=1S/C25H34ClN3O/c1-18-15-20(26)3-8-24(18)25-16-19(9-14-28-25)17-29(22-10-12-27-13-11-22)21-4-6-23(30-2)7-5-21/h3-4,6-7,9,14,16,18,21-22,24,27H,5,8,10-13,15,17H2,1-2H3. The minimum Gasteiger partial charge on any atom is -0.497 e. The smallest absolute Gasteiger partial charge is 0.114 e. The molecule has 0 aromatic carbocycles. The Kier molecular flexibility index (Phi) is 7.29. The Balaban J connectivity index is 1.53. The third-order valence-corrected chi connectivity index (χ3v) is 7.18. The van der Waals surface area contributed by atoms with Gasteiger partial charge in [0.1, 0.15) is 5.76 Å². The van der Waals surface area contributed by atoms with Crippen LogP contribution in [0.2, 0.25) is 0 Å². The van der Waals surface area contributed by atoms with Gasteiger partial charge in [0.05, 0.1) is 7.11 Å². The topological polar surface area (TPSA) is 37.4 Å². The lowest BCUT2D eigenvalue weighted by Crippen LogP contribution is -2.47. The molecule has 4 nitrogen and oxygen atoms in total. The van der Waals surface area contributed by atoms with Crippen LogP contribution in [0, 0.1) is 5.92 Å². The van der Waals surface area contributed by atoms with Gasteiger partial charge in [-0.3, -0.25) is 9.88 Å². The molecule has 1 aliphatic heterocycles. The Morgan fingerprint density at radius 3 is 2.77 bits per heavy atom. The SMILES string of the molecule is COC1=CCC(N(Cc2ccnc(C3CC=C(Cl)CC3C)c2)C2CCNCC2)C=C1. The van der Waals surface area contributed by atoms with Gasteiger partial charge in [0.25, 0.3) is 0 Å². The molecule has 30 heavy (non-hydrogen) atoms. The number of allylic oxidation sites excluding steroid dienone is 3. The Bertz CT molecular complexity index is 812. The van der Waals surface area contributed by atoms with Crippen molar-refractivity contribution in [2.75, 3.05) is 20.2 Å². The number of methoxy groups -OCH3 is 1. The summed E-state index contributed by atoms with van der Waals surface area (Å²) in [5.41, 5.74) is 2.58. The molecule has 2 aliphatic carbocycles. The fourth-order valence-electron chi connectivity index (χ4n) is 5.08. The Morgan fingerprint density at radius 2 is 2.07 bits per heavy atom. The zero-order chi connectivity index (χ0) is 20.9. The summed E-state index contributed by atoms with van der Waals surface area (Å²) in [5, 5.41) is 4.51. The Hall–Kier alpha value is -1.62. The number of rotatable bonds is 6. The number of aromatic nitrogens is 1. The van der Waals surface area contributed by atoms with Crippen molar-refractivity contribution in [1.29, 1.82) is 0 Å². The lowest BCUT2D eigenvalue weighted by atomic mass is 9.81. The minimum atomic E-state index is 0.416. The van der Waals surface area contributed by atoms with Crippen LogP contribution in [0.1, 0.15) is 56.2 Å². The molecular formula is C25H34ClN3O. The molecule has 1 saturated heterocycles. The molecule has 2 heterocycles. The first kappa shape index (κ1) is 21.6. The fourth-order valence-corrected chi connectivity index (χ4v) is 5.41. The van der Waals surface area contributed by atoms with Gasteiger partial charge >= 0.3 is 0 Å². The summed E-state index contributed by atoms with van der Waals surface area (Å²) in [4.78, 5) is 7.45. The third kappa shape index (κ3) is 5.16. The highest BCUT2D eigenvalue weighted by Crippen LogP contribution is 2.37. The molecule has 162 valence electrons. The van der Waals surface area contributed by atoms with Crippen molar-refractivity contribution in [3.8, 4) is 0 Å². The predicted octanol–water partition coefficient (Wildman–Crippen LogP) is 5.13. The van der Waals surface area contributed by atoms with Crippen LogP contribution < -0.4 is 5.32 Å². The first-order valence-corrected chi connectivity index (χ1v) is 11.7. The van der Waals surface area contributed by atoms with Crippen molar-refractivity contribution in [2.45, 2.75) is 63.6 Å². The summed E-state index contributed by atoms with van der Waals surface area (Å²) in [6.45, 7) is 5.46. The predicted molar refractivity (Wildman–Crippen MR) is 123 cm³/mol. The average Bonchev–Trinajstić information content (AvgIpc) is 2.78. The van der Waals surface area contributed by atoms with Crippen molar-refractivity contribution in [2.24, 2.45) is 5.92 Å². The van der Waals surface area contributed by atoms with E-state index in [9.17, 15) is 0 Å². The van der Waals surface area contributed by atoms with E-state index in [1.54, 1.807) is 7.11 Å². The van der Waals surface area contributed by atoms with Gasteiger partial charge in [0.2, 0.25) is 0 Å². The van der Waals surface area contributed by atoms with Crippen molar-refractivity contribution >= 4 is 11.6 Å². The molecule has 4 rings (SSSR count). The van der Waals surface area contributed by atoms with Crippen LogP contribution in [0.15, 0.2) is 53.4 Å². The lowest BCUT2D eigenvalue weighted by molar-refractivity contribution is 0.121. The number of hydrogen-bond donors (Lipinski definition) is 1. The first-order chi connectivity index (χ1) is 14.6. The highest BCUT2D eigenvalue weighted by atomic mass is 35.5. The number of piperidine rings is 1. The van der Waals surface area contributed by atoms with Crippen LogP contribution in [0.3, 0.4) is 0 Å². The van der Waals surface area contributed by atoms with Crippen LogP contribution in [0.4, 0.5) is 0 Å². The van der Waals surface area contributed by atoms with E-state index in [0.717, 1.165) is 49.7 Å². The van der Waals surface area contributed by atoms with Crippen molar-refractivity contribution in [3.63, 3.8) is 0 Å². The van der Waals surface area contributed by atoms with Crippen LogP contribution in [0.25, 0.3) is 0 Å². The average molecular weight is 428 g/mol. The Labute approximate surface area is 186 Å². The fraction of sp³-hybridized carbons (Fsp3) is 0.560. The van der Waals surface area contributed by atoms with Gasteiger partial charge in [-0.25, -0.2) is 0 Å². The van der Waals surface area contributed by atoms with Crippen molar-refractivity contribution in [1.82, 2.24) is 15.2 Å². The number of halogens is 1. The van der Waals surface area contributed by atoms with Gasteiger partial charge in [-0.1, -0.05) is 30.7 Å². The van der Waals surface area contributed by atoms with Crippen LogP contribution >= 0.6 is 11.6 Å². The molecule has 3 atom stereocenters. The number of nitrogens with one attached hydrogen (secondary N) is 1. The zero-order valence-electron chi connectivity index (χ0n) is 18.2. The van der Waals surface area contributed by atoms with Gasteiger partial charge in [-0.2, -0.15) is 0 Å². The molecule has 1 aromatic rings. The normalized spacial score (nSPS) is 27.7. The van der Waals surface area contributed by atoms with E-state index in [0.29, 0.717) is 23.9 Å². The molecule has 0 radical (unpaired) electrons. The van der Waals surface area contributed by atoms with Gasteiger partial charge < -0.3 is 10.1 Å². The van der Waals surface area contributed by atoms with Crippen molar-refractivity contribution in [3.05, 3.63) is 64.7 Å². The second kappa shape index (κ2) is 10.1. The summed E-state index contributed by atoms with van der Waals surface area (Å²) < 4.78 is 5.41. The van der Waals surface area contributed by atoms with E-state index in [1.807, 2.05) is 6.20 Å². The summed E-state index contributed by atoms with van der Waals surface area (Å²) in [6.07, 6.45) is 16.2. The van der Waals surface area contributed by atoms with Gasteiger partial charge in [-0.05, 0) is 81.0 Å². The largest absolute Gasteiger partial charge is 0.497 e. The summed E-state index contributed by atoms with van der Waals surface area (Å²) in [7, 11) is 1.74. The van der Waals surface area contributed by atoms with E-state index < -0.39 is 0 Å². The number of ether oxygens (including phenoxy) is 1.